The Morgan fingerprint density at radius 3 is 1.63 bits per heavy atom. The highest BCUT2D eigenvalue weighted by Gasteiger charge is 2.16. The van der Waals surface area contributed by atoms with Crippen molar-refractivity contribution in [2.24, 2.45) is 0 Å². The molecule has 0 aliphatic rings. The Morgan fingerprint density at radius 2 is 0.947 bits per heavy atom. The van der Waals surface area contributed by atoms with Crippen molar-refractivity contribution in [1.82, 2.24) is 9.13 Å². The van der Waals surface area contributed by atoms with Crippen LogP contribution in [0.2, 0.25) is 0 Å². The van der Waals surface area contributed by atoms with Gasteiger partial charge in [-0.05, 0) is 65.7 Å². The second-order valence-electron chi connectivity index (χ2n) is 9.25. The molecule has 0 saturated carbocycles. The van der Waals surface area contributed by atoms with Gasteiger partial charge in [-0.3, -0.25) is 0 Å². The van der Waals surface area contributed by atoms with E-state index in [1.54, 1.807) is 4.57 Å². The van der Waals surface area contributed by atoms with Gasteiger partial charge >= 0.3 is 0 Å². The van der Waals surface area contributed by atoms with E-state index in [-0.39, 0.29) is 46.0 Å². The van der Waals surface area contributed by atoms with E-state index in [1.807, 2.05) is 66.7 Å². The topological polar surface area (TPSA) is 9.86 Å². The molecule has 0 amide bonds. The molecule has 0 aliphatic carbocycles. The van der Waals surface area contributed by atoms with E-state index in [1.165, 1.54) is 0 Å². The quantitative estimate of drug-likeness (QED) is 0.232. The van der Waals surface area contributed by atoms with E-state index in [9.17, 15) is 0 Å². The monoisotopic (exact) mass is 492 g/mol. The van der Waals surface area contributed by atoms with Gasteiger partial charge in [0, 0.05) is 32.9 Å². The summed E-state index contributed by atoms with van der Waals surface area (Å²) in [6.45, 7) is 0. The van der Waals surface area contributed by atoms with Crippen molar-refractivity contribution in [2.45, 2.75) is 0 Å². The first kappa shape index (κ1) is 14.6. The highest BCUT2D eigenvalue weighted by molar-refractivity contribution is 6.13. The van der Waals surface area contributed by atoms with Crippen molar-refractivity contribution in [3.8, 4) is 22.5 Å². The van der Waals surface area contributed by atoms with Gasteiger partial charge in [-0.15, -0.1) is 0 Å². The molecule has 178 valence electrons. The van der Waals surface area contributed by atoms with E-state index in [4.69, 9.17) is 11.0 Å². The van der Waals surface area contributed by atoms with E-state index in [0.29, 0.717) is 5.69 Å². The fraction of sp³-hybridized carbons (Fsp3) is 0. The molecule has 8 aromatic rings. The summed E-state index contributed by atoms with van der Waals surface area (Å²) >= 11 is 0. The van der Waals surface area contributed by atoms with Gasteiger partial charge in [0.2, 0.25) is 0 Å². The SMILES string of the molecule is [2H]c1c([2H])c([2H])c2c(c1[2H])c1c([2H])c([2H])c([2H])c([2H])c1n2-c1ccc2c(c1)c1cc(-c3ccccc3)ccc1n2-c1ccccc1. The van der Waals surface area contributed by atoms with E-state index in [0.717, 1.165) is 38.6 Å². The van der Waals surface area contributed by atoms with Gasteiger partial charge in [-0.1, -0.05) is 90.9 Å². The van der Waals surface area contributed by atoms with Crippen LogP contribution in [0.4, 0.5) is 0 Å². The Bertz CT molecular complexity index is 2480. The number of fused-ring (bicyclic) bond motifs is 6. The maximum Gasteiger partial charge on any atom is 0.0645 e. The lowest BCUT2D eigenvalue weighted by atomic mass is 10.0. The summed E-state index contributed by atoms with van der Waals surface area (Å²) in [7, 11) is 0. The maximum atomic E-state index is 8.90. The molecule has 0 spiro atoms. The Kier molecular flexibility index (Phi) is 3.16. The summed E-state index contributed by atoms with van der Waals surface area (Å²) in [4.78, 5) is 0. The first-order valence-electron chi connectivity index (χ1n) is 16.4. The second kappa shape index (κ2) is 8.22. The first-order chi connectivity index (χ1) is 22.2. The molecular weight excluding hydrogens is 460 g/mol. The number of aromatic nitrogens is 2. The number of benzene rings is 6. The summed E-state index contributed by atoms with van der Waals surface area (Å²) in [5.74, 6) is 0. The van der Waals surface area contributed by atoms with Crippen LogP contribution < -0.4 is 0 Å². The zero-order valence-corrected chi connectivity index (χ0v) is 20.1. The molecule has 0 saturated heterocycles. The fourth-order valence-electron chi connectivity index (χ4n) is 5.49. The molecule has 6 aromatic carbocycles. The van der Waals surface area contributed by atoms with Crippen LogP contribution in [0.3, 0.4) is 0 Å². The van der Waals surface area contributed by atoms with Crippen molar-refractivity contribution in [1.29, 1.82) is 0 Å². The van der Waals surface area contributed by atoms with Crippen molar-refractivity contribution >= 4 is 43.6 Å². The highest BCUT2D eigenvalue weighted by atomic mass is 15.0. The van der Waals surface area contributed by atoms with Crippen LogP contribution >= 0.6 is 0 Å². The van der Waals surface area contributed by atoms with Crippen LogP contribution in [0.25, 0.3) is 66.1 Å². The van der Waals surface area contributed by atoms with Crippen molar-refractivity contribution in [2.75, 3.05) is 0 Å². The van der Waals surface area contributed by atoms with E-state index in [2.05, 4.69) is 34.9 Å². The van der Waals surface area contributed by atoms with Crippen LogP contribution in [0, 0.1) is 0 Å². The molecule has 0 aliphatic heterocycles. The predicted molar refractivity (Wildman–Crippen MR) is 161 cm³/mol. The molecule has 2 heteroatoms. The van der Waals surface area contributed by atoms with Crippen molar-refractivity contribution in [3.05, 3.63) is 145 Å². The molecule has 8 rings (SSSR count). The van der Waals surface area contributed by atoms with E-state index >= 15 is 0 Å². The summed E-state index contributed by atoms with van der Waals surface area (Å²) in [5, 5.41) is 1.97. The summed E-state index contributed by atoms with van der Waals surface area (Å²) in [6.07, 6.45) is 0. The molecule has 0 bridgehead atoms. The van der Waals surface area contributed by atoms with E-state index < -0.39 is 24.2 Å². The van der Waals surface area contributed by atoms with Gasteiger partial charge in [-0.2, -0.15) is 0 Å². The zero-order chi connectivity index (χ0) is 32.0. The van der Waals surface area contributed by atoms with Gasteiger partial charge in [-0.25, -0.2) is 0 Å². The van der Waals surface area contributed by atoms with Crippen LogP contribution in [0.15, 0.2) is 145 Å². The molecule has 2 nitrogen and oxygen atoms in total. The molecular formula is C36H24N2. The third-order valence-electron chi connectivity index (χ3n) is 7.16. The number of rotatable bonds is 3. The van der Waals surface area contributed by atoms with Gasteiger partial charge in [0.15, 0.2) is 0 Å². The maximum absolute atomic E-state index is 8.90. The number of nitrogens with zero attached hydrogens (tertiary/aromatic N) is 2. The Labute approximate surface area is 231 Å². The molecule has 0 N–H and O–H groups in total. The summed E-state index contributed by atoms with van der Waals surface area (Å²) in [5.41, 5.74) is 5.68. The van der Waals surface area contributed by atoms with Crippen molar-refractivity contribution < 1.29 is 11.0 Å². The lowest BCUT2D eigenvalue weighted by Crippen LogP contribution is -1.95. The van der Waals surface area contributed by atoms with Gasteiger partial charge in [0.1, 0.15) is 0 Å². The van der Waals surface area contributed by atoms with Crippen LogP contribution in [0.5, 0.6) is 0 Å². The smallest absolute Gasteiger partial charge is 0.0645 e. The van der Waals surface area contributed by atoms with Crippen LogP contribution in [-0.4, -0.2) is 9.13 Å². The van der Waals surface area contributed by atoms with Gasteiger partial charge < -0.3 is 9.13 Å². The Morgan fingerprint density at radius 1 is 0.395 bits per heavy atom. The predicted octanol–water partition coefficient (Wildman–Crippen LogP) is 9.55. The molecule has 0 fully saturated rings. The summed E-state index contributed by atoms with van der Waals surface area (Å²) in [6, 6.07) is 29.0. The largest absolute Gasteiger partial charge is 0.309 e. The van der Waals surface area contributed by atoms with Crippen LogP contribution in [-0.2, 0) is 0 Å². The van der Waals surface area contributed by atoms with Gasteiger partial charge in [0.05, 0.1) is 33.0 Å². The highest BCUT2D eigenvalue weighted by Crippen LogP contribution is 2.38. The molecule has 2 aromatic heterocycles. The second-order valence-corrected chi connectivity index (χ2v) is 9.25. The molecule has 0 unspecified atom stereocenters. The molecule has 2 heterocycles. The lowest BCUT2D eigenvalue weighted by Gasteiger charge is -2.10. The average Bonchev–Trinajstić information content (AvgIpc) is 3.62. The first-order valence-corrected chi connectivity index (χ1v) is 12.4. The fourth-order valence-corrected chi connectivity index (χ4v) is 5.49. The normalized spacial score (nSPS) is 14.6. The van der Waals surface area contributed by atoms with Crippen molar-refractivity contribution in [3.63, 3.8) is 0 Å². The van der Waals surface area contributed by atoms with Gasteiger partial charge in [0.25, 0.3) is 0 Å². The Balaban J connectivity index is 1.54. The number of para-hydroxylation sites is 3. The molecule has 0 radical (unpaired) electrons. The number of hydrogen-bond donors (Lipinski definition) is 0. The minimum absolute atomic E-state index is 0.0613. The number of hydrogen-bond acceptors (Lipinski definition) is 0. The summed E-state index contributed by atoms with van der Waals surface area (Å²) < 4.78 is 72.7. The minimum atomic E-state index is -0.459. The standard InChI is InChI=1S/C36H24N2/c1-3-11-25(12-4-1)26-19-21-35-31(23-26)32-24-28(20-22-36(32)37(35)27-13-5-2-6-14-27)38-33-17-9-7-15-29(33)30-16-8-10-18-34(30)38/h1-24H/i7D,8D,9D,10D,15D,16D,17D,18D. The average molecular weight is 493 g/mol. The third-order valence-corrected chi connectivity index (χ3v) is 7.16. The molecule has 38 heavy (non-hydrogen) atoms. The molecule has 0 atom stereocenters. The third kappa shape index (κ3) is 3.07. The Hall–Kier alpha value is -5.08. The van der Waals surface area contributed by atoms with Crippen LogP contribution in [0.1, 0.15) is 11.0 Å². The minimum Gasteiger partial charge on any atom is -0.309 e. The lowest BCUT2D eigenvalue weighted by molar-refractivity contribution is 1.17. The zero-order valence-electron chi connectivity index (χ0n) is 28.1.